The first-order valence-corrected chi connectivity index (χ1v) is 16.4. The van der Waals surface area contributed by atoms with E-state index in [1.165, 1.54) is 33.3 Å². The second-order valence-corrected chi connectivity index (χ2v) is 14.1. The molecule has 6 rings (SSSR count). The van der Waals surface area contributed by atoms with Crippen molar-refractivity contribution in [3.63, 3.8) is 0 Å². The van der Waals surface area contributed by atoms with E-state index in [9.17, 15) is 13.0 Å². The van der Waals surface area contributed by atoms with Gasteiger partial charge in [0.25, 0.3) is 10.1 Å². The highest BCUT2D eigenvalue weighted by molar-refractivity contribution is 7.85. The molecule has 1 N–H and O–H groups in total. The summed E-state index contributed by atoms with van der Waals surface area (Å²) in [7, 11) is -4.13. The van der Waals surface area contributed by atoms with Crippen LogP contribution in [0.5, 0.6) is 0 Å². The third kappa shape index (κ3) is 4.58. The molecule has 0 fully saturated rings. The average Bonchev–Trinajstić information content (AvgIpc) is 3.30. The minimum Gasteiger partial charge on any atom is -0.343 e. The summed E-state index contributed by atoms with van der Waals surface area (Å²) < 4.78 is 35.7. The molecule has 0 radical (unpaired) electrons. The predicted molar refractivity (Wildman–Crippen MR) is 175 cm³/mol. The van der Waals surface area contributed by atoms with Gasteiger partial charge in [0.1, 0.15) is 6.54 Å². The first-order valence-electron chi connectivity index (χ1n) is 14.8. The predicted octanol–water partition coefficient (Wildman–Crippen LogP) is 7.90. The van der Waals surface area contributed by atoms with E-state index in [0.717, 1.165) is 35.1 Å². The molecule has 4 aromatic carbocycles. The zero-order valence-corrected chi connectivity index (χ0v) is 25.9. The molecular formula is C36H39N2O3S+. The molecule has 0 aromatic heterocycles. The maximum Gasteiger partial charge on any atom is 0.266 e. The molecule has 0 aliphatic carbocycles. The molecule has 6 heteroatoms. The second kappa shape index (κ2) is 10.2. The Labute approximate surface area is 249 Å². The number of allylic oxidation sites excluding steroid dienone is 4. The number of hydrogen-bond acceptors (Lipinski definition) is 3. The van der Waals surface area contributed by atoms with Gasteiger partial charge in [-0.25, -0.2) is 0 Å². The van der Waals surface area contributed by atoms with E-state index in [0.29, 0.717) is 0 Å². The maximum absolute atomic E-state index is 11.8. The highest BCUT2D eigenvalue weighted by atomic mass is 32.2. The van der Waals surface area contributed by atoms with Gasteiger partial charge in [-0.15, -0.1) is 0 Å². The van der Waals surface area contributed by atoms with Crippen molar-refractivity contribution in [3.05, 3.63) is 108 Å². The normalized spacial score (nSPS) is 18.5. The van der Waals surface area contributed by atoms with Gasteiger partial charge in [-0.1, -0.05) is 81.4 Å². The monoisotopic (exact) mass is 579 g/mol. The van der Waals surface area contributed by atoms with E-state index >= 15 is 0 Å². The summed E-state index contributed by atoms with van der Waals surface area (Å²) in [6, 6.07) is 25.6. The van der Waals surface area contributed by atoms with Crippen LogP contribution in [0.4, 0.5) is 11.4 Å². The van der Waals surface area contributed by atoms with Gasteiger partial charge in [-0.05, 0) is 59.2 Å². The minimum atomic E-state index is -4.13. The van der Waals surface area contributed by atoms with E-state index in [2.05, 4.69) is 123 Å². The maximum atomic E-state index is 11.8. The van der Waals surface area contributed by atoms with Crippen molar-refractivity contribution in [2.24, 2.45) is 0 Å². The average molecular weight is 580 g/mol. The van der Waals surface area contributed by atoms with Crippen LogP contribution in [-0.2, 0) is 20.9 Å². The largest absolute Gasteiger partial charge is 0.343 e. The Morgan fingerprint density at radius 1 is 0.833 bits per heavy atom. The lowest BCUT2D eigenvalue weighted by Gasteiger charge is -2.26. The Bertz CT molecular complexity index is 1930. The molecule has 2 aliphatic heterocycles. The molecular weight excluding hydrogens is 540 g/mol. The lowest BCUT2D eigenvalue weighted by atomic mass is 9.79. The molecule has 0 amide bonds. The van der Waals surface area contributed by atoms with Crippen LogP contribution in [0.1, 0.15) is 52.2 Å². The zero-order chi connectivity index (χ0) is 29.9. The van der Waals surface area contributed by atoms with Crippen LogP contribution < -0.4 is 4.90 Å². The Balaban J connectivity index is 1.47. The Morgan fingerprint density at radius 3 is 2.10 bits per heavy atom. The molecule has 0 spiro atoms. The molecule has 216 valence electrons. The molecule has 0 atom stereocenters. The van der Waals surface area contributed by atoms with Crippen molar-refractivity contribution in [2.45, 2.75) is 51.9 Å². The van der Waals surface area contributed by atoms with Crippen LogP contribution in [0, 0.1) is 0 Å². The molecule has 0 saturated carbocycles. The van der Waals surface area contributed by atoms with Crippen molar-refractivity contribution in [1.29, 1.82) is 0 Å². The summed E-state index contributed by atoms with van der Waals surface area (Å²) in [6.07, 6.45) is 7.52. The van der Waals surface area contributed by atoms with Crippen molar-refractivity contribution in [3.8, 4) is 0 Å². The smallest absolute Gasteiger partial charge is 0.266 e. The van der Waals surface area contributed by atoms with Crippen LogP contribution in [0.2, 0.25) is 0 Å². The minimum absolute atomic E-state index is 0.175. The number of fused-ring (bicyclic) bond motifs is 6. The summed E-state index contributed by atoms with van der Waals surface area (Å²) >= 11 is 0. The Kier molecular flexibility index (Phi) is 6.90. The summed E-state index contributed by atoms with van der Waals surface area (Å²) in [5.74, 6) is -0.340. The highest BCUT2D eigenvalue weighted by Crippen LogP contribution is 2.51. The summed E-state index contributed by atoms with van der Waals surface area (Å²) in [5.41, 5.74) is 6.47. The second-order valence-electron chi connectivity index (χ2n) is 12.5. The highest BCUT2D eigenvalue weighted by Gasteiger charge is 2.45. The molecule has 2 heterocycles. The fourth-order valence-electron chi connectivity index (χ4n) is 7.21. The van der Waals surface area contributed by atoms with Crippen LogP contribution in [0.25, 0.3) is 21.5 Å². The fraction of sp³-hybridized carbons (Fsp3) is 0.306. The number of anilines is 1. The zero-order valence-electron chi connectivity index (χ0n) is 25.1. The molecule has 0 saturated heterocycles. The standard InChI is InChI=1S/C36H38N2O3S/c1-6-22-37-29-20-18-25-12-7-9-14-27(25)33(29)35(2,3)31(37)16-11-17-32-36(4,5)34-28-15-10-8-13-26(28)19-21-30(34)38(32)23-24-42(39,40)41/h7-21H,6,22-24H2,1-5H3/p+1. The van der Waals surface area contributed by atoms with Crippen molar-refractivity contribution in [2.75, 3.05) is 23.7 Å². The number of rotatable bonds is 7. The summed E-state index contributed by atoms with van der Waals surface area (Å²) in [6.45, 7) is 12.3. The number of hydrogen-bond donors (Lipinski definition) is 1. The van der Waals surface area contributed by atoms with Gasteiger partial charge >= 0.3 is 0 Å². The van der Waals surface area contributed by atoms with E-state index in [-0.39, 0.29) is 23.1 Å². The van der Waals surface area contributed by atoms with Crippen LogP contribution in [0.3, 0.4) is 0 Å². The van der Waals surface area contributed by atoms with E-state index < -0.39 is 10.1 Å². The van der Waals surface area contributed by atoms with Crippen LogP contribution in [-0.4, -0.2) is 42.1 Å². The summed E-state index contributed by atoms with van der Waals surface area (Å²) in [4.78, 5) is 2.07. The Hall–Kier alpha value is -3.74. The first-order chi connectivity index (χ1) is 19.9. The van der Waals surface area contributed by atoms with Gasteiger partial charge in [0.15, 0.2) is 5.71 Å². The van der Waals surface area contributed by atoms with Crippen LogP contribution in [0.15, 0.2) is 96.7 Å². The van der Waals surface area contributed by atoms with Crippen molar-refractivity contribution >= 4 is 48.7 Å². The van der Waals surface area contributed by atoms with Crippen molar-refractivity contribution in [1.82, 2.24) is 0 Å². The number of benzene rings is 4. The van der Waals surface area contributed by atoms with E-state index in [1.807, 2.05) is 12.1 Å². The van der Waals surface area contributed by atoms with Gasteiger partial charge in [-0.3, -0.25) is 4.55 Å². The lowest BCUT2D eigenvalue weighted by molar-refractivity contribution is -0.437. The van der Waals surface area contributed by atoms with Gasteiger partial charge in [0, 0.05) is 47.5 Å². The molecule has 2 aliphatic rings. The third-order valence-electron chi connectivity index (χ3n) is 9.04. The fourth-order valence-corrected chi connectivity index (χ4v) is 7.63. The molecule has 0 bridgehead atoms. The third-order valence-corrected chi connectivity index (χ3v) is 9.73. The molecule has 42 heavy (non-hydrogen) atoms. The van der Waals surface area contributed by atoms with Gasteiger partial charge in [-0.2, -0.15) is 13.0 Å². The van der Waals surface area contributed by atoms with Gasteiger partial charge in [0.2, 0.25) is 5.69 Å². The summed E-state index contributed by atoms with van der Waals surface area (Å²) in [5, 5.41) is 4.85. The van der Waals surface area contributed by atoms with Gasteiger partial charge in [0.05, 0.1) is 11.2 Å². The van der Waals surface area contributed by atoms with Crippen molar-refractivity contribution < 1.29 is 17.5 Å². The molecule has 0 unspecified atom stereocenters. The topological polar surface area (TPSA) is 60.6 Å². The van der Waals surface area contributed by atoms with Gasteiger partial charge < -0.3 is 4.90 Å². The van der Waals surface area contributed by atoms with E-state index in [4.69, 9.17) is 0 Å². The molecule has 4 aromatic rings. The molecule has 5 nitrogen and oxygen atoms in total. The SMILES string of the molecule is CCC[N+]1=C(/C=C/C=C2/N(CCS(=O)(=O)O)c3ccc4ccccc4c3C2(C)C)C(C)(C)c2c1ccc1ccccc21. The Morgan fingerprint density at radius 2 is 1.45 bits per heavy atom. The first kappa shape index (κ1) is 28.4. The lowest BCUT2D eigenvalue weighted by Crippen LogP contribution is -2.30. The van der Waals surface area contributed by atoms with E-state index in [1.54, 1.807) is 0 Å². The quantitative estimate of drug-likeness (QED) is 0.179. The van der Waals surface area contributed by atoms with Crippen LogP contribution >= 0.6 is 0 Å². The number of nitrogens with zero attached hydrogens (tertiary/aromatic N) is 2.